The van der Waals surface area contributed by atoms with E-state index in [4.69, 9.17) is 0 Å². The second-order valence-electron chi connectivity index (χ2n) is 6.30. The van der Waals surface area contributed by atoms with Crippen molar-refractivity contribution in [3.05, 3.63) is 29.6 Å². The molecule has 0 saturated carbocycles. The number of halogens is 1. The van der Waals surface area contributed by atoms with Crippen LogP contribution < -0.4 is 4.90 Å². The molecule has 0 aromatic heterocycles. The Labute approximate surface area is 121 Å². The first-order chi connectivity index (χ1) is 9.49. The first-order valence-electron chi connectivity index (χ1n) is 7.71. The van der Waals surface area contributed by atoms with Gasteiger partial charge in [-0.15, -0.1) is 0 Å². The van der Waals surface area contributed by atoms with E-state index in [9.17, 15) is 9.50 Å². The number of aliphatic hydroxyl groups excluding tert-OH is 1. The molecule has 2 unspecified atom stereocenters. The zero-order valence-electron chi connectivity index (χ0n) is 12.8. The van der Waals surface area contributed by atoms with E-state index in [2.05, 4.69) is 18.7 Å². The van der Waals surface area contributed by atoms with E-state index in [1.807, 2.05) is 6.07 Å². The lowest BCUT2D eigenvalue weighted by molar-refractivity contribution is 0.199. The van der Waals surface area contributed by atoms with Crippen LogP contribution in [0.25, 0.3) is 0 Å². The van der Waals surface area contributed by atoms with Gasteiger partial charge < -0.3 is 10.0 Å². The highest BCUT2D eigenvalue weighted by Gasteiger charge is 2.22. The molecule has 2 nitrogen and oxygen atoms in total. The van der Waals surface area contributed by atoms with Crippen LogP contribution in [0.4, 0.5) is 10.1 Å². The standard InChI is InChI=1S/C17H26FNO/c1-12(2)14-5-4-9-19(10-8-14)17-7-6-15(18)11-16(17)13(3)20/h6-7,11-14,20H,4-5,8-10H2,1-3H3. The fourth-order valence-electron chi connectivity index (χ4n) is 3.18. The van der Waals surface area contributed by atoms with Crippen LogP contribution in [-0.4, -0.2) is 18.2 Å². The summed E-state index contributed by atoms with van der Waals surface area (Å²) in [6, 6.07) is 4.77. The van der Waals surface area contributed by atoms with Gasteiger partial charge in [-0.2, -0.15) is 0 Å². The van der Waals surface area contributed by atoms with Crippen LogP contribution in [0.1, 0.15) is 51.7 Å². The van der Waals surface area contributed by atoms with Crippen LogP contribution in [0.2, 0.25) is 0 Å². The van der Waals surface area contributed by atoms with Gasteiger partial charge in [-0.05, 0) is 56.2 Å². The van der Waals surface area contributed by atoms with Crippen LogP contribution in [0.5, 0.6) is 0 Å². The molecule has 1 aliphatic rings. The third-order valence-corrected chi connectivity index (χ3v) is 4.50. The maximum absolute atomic E-state index is 13.4. The monoisotopic (exact) mass is 279 g/mol. The van der Waals surface area contributed by atoms with Crippen LogP contribution in [0.15, 0.2) is 18.2 Å². The van der Waals surface area contributed by atoms with E-state index < -0.39 is 6.10 Å². The molecule has 0 bridgehead atoms. The van der Waals surface area contributed by atoms with Gasteiger partial charge in [-0.1, -0.05) is 13.8 Å². The zero-order chi connectivity index (χ0) is 14.7. The van der Waals surface area contributed by atoms with Gasteiger partial charge in [-0.25, -0.2) is 4.39 Å². The highest BCUT2D eigenvalue weighted by molar-refractivity contribution is 5.55. The fourth-order valence-corrected chi connectivity index (χ4v) is 3.18. The Hall–Kier alpha value is -1.09. The topological polar surface area (TPSA) is 23.5 Å². The molecule has 1 fully saturated rings. The molecule has 1 aromatic carbocycles. The molecule has 1 aliphatic heterocycles. The summed E-state index contributed by atoms with van der Waals surface area (Å²) in [6.45, 7) is 8.27. The number of hydrogen-bond donors (Lipinski definition) is 1. The average Bonchev–Trinajstić information content (AvgIpc) is 2.64. The van der Waals surface area contributed by atoms with Gasteiger partial charge in [0.2, 0.25) is 0 Å². The minimum Gasteiger partial charge on any atom is -0.389 e. The van der Waals surface area contributed by atoms with Crippen molar-refractivity contribution in [2.75, 3.05) is 18.0 Å². The molecule has 2 atom stereocenters. The molecular weight excluding hydrogens is 253 g/mol. The summed E-state index contributed by atoms with van der Waals surface area (Å²) in [6.07, 6.45) is 2.97. The van der Waals surface area contributed by atoms with Gasteiger partial charge in [0.15, 0.2) is 0 Å². The summed E-state index contributed by atoms with van der Waals surface area (Å²) in [4.78, 5) is 2.31. The Morgan fingerprint density at radius 2 is 1.95 bits per heavy atom. The summed E-state index contributed by atoms with van der Waals surface area (Å²) in [5, 5.41) is 9.88. The SMILES string of the molecule is CC(O)c1cc(F)ccc1N1CCCC(C(C)C)CC1. The molecule has 0 aliphatic carbocycles. The van der Waals surface area contributed by atoms with E-state index in [-0.39, 0.29) is 5.82 Å². The first kappa shape index (κ1) is 15.3. The van der Waals surface area contributed by atoms with Crippen molar-refractivity contribution in [1.82, 2.24) is 0 Å². The number of nitrogens with zero attached hydrogens (tertiary/aromatic N) is 1. The van der Waals surface area contributed by atoms with Crippen molar-refractivity contribution in [3.63, 3.8) is 0 Å². The molecule has 0 amide bonds. The van der Waals surface area contributed by atoms with Crippen LogP contribution >= 0.6 is 0 Å². The Morgan fingerprint density at radius 1 is 1.20 bits per heavy atom. The molecule has 0 radical (unpaired) electrons. The molecule has 1 saturated heterocycles. The molecular formula is C17H26FNO. The van der Waals surface area contributed by atoms with Crippen LogP contribution in [0, 0.1) is 17.7 Å². The smallest absolute Gasteiger partial charge is 0.123 e. The number of hydrogen-bond acceptors (Lipinski definition) is 2. The predicted octanol–water partition coefficient (Wildman–Crippen LogP) is 4.14. The van der Waals surface area contributed by atoms with Crippen molar-refractivity contribution < 1.29 is 9.50 Å². The maximum atomic E-state index is 13.4. The number of anilines is 1. The summed E-state index contributed by atoms with van der Waals surface area (Å²) >= 11 is 0. The Kier molecular flexibility index (Phi) is 5.03. The van der Waals surface area contributed by atoms with Crippen LogP contribution in [-0.2, 0) is 0 Å². The normalized spacial score (nSPS) is 21.9. The molecule has 0 spiro atoms. The van der Waals surface area contributed by atoms with Crippen molar-refractivity contribution in [2.24, 2.45) is 11.8 Å². The van der Waals surface area contributed by atoms with Crippen molar-refractivity contribution >= 4 is 5.69 Å². The van der Waals surface area contributed by atoms with E-state index in [0.717, 1.165) is 30.6 Å². The quantitative estimate of drug-likeness (QED) is 0.898. The molecule has 1 N–H and O–H groups in total. The first-order valence-corrected chi connectivity index (χ1v) is 7.71. The summed E-state index contributed by atoms with van der Waals surface area (Å²) < 4.78 is 13.4. The minimum absolute atomic E-state index is 0.278. The predicted molar refractivity (Wildman–Crippen MR) is 81.4 cm³/mol. The molecule has 2 rings (SSSR count). The van der Waals surface area contributed by atoms with Gasteiger partial charge in [0.25, 0.3) is 0 Å². The van der Waals surface area contributed by atoms with Gasteiger partial charge >= 0.3 is 0 Å². The zero-order valence-corrected chi connectivity index (χ0v) is 12.8. The number of rotatable bonds is 3. The summed E-state index contributed by atoms with van der Waals surface area (Å²) in [7, 11) is 0. The Morgan fingerprint density at radius 3 is 2.60 bits per heavy atom. The molecule has 1 heterocycles. The molecule has 3 heteroatoms. The van der Waals surface area contributed by atoms with Crippen LogP contribution in [0.3, 0.4) is 0 Å². The van der Waals surface area contributed by atoms with Gasteiger partial charge in [0.05, 0.1) is 6.10 Å². The lowest BCUT2D eigenvalue weighted by Crippen LogP contribution is -2.26. The molecule has 1 aromatic rings. The van der Waals surface area contributed by atoms with Crippen molar-refractivity contribution in [3.8, 4) is 0 Å². The Bertz CT molecular complexity index is 445. The highest BCUT2D eigenvalue weighted by Crippen LogP contribution is 2.31. The number of aliphatic hydroxyl groups is 1. The van der Waals surface area contributed by atoms with Gasteiger partial charge in [0.1, 0.15) is 5.82 Å². The highest BCUT2D eigenvalue weighted by atomic mass is 19.1. The van der Waals surface area contributed by atoms with E-state index >= 15 is 0 Å². The number of benzene rings is 1. The largest absolute Gasteiger partial charge is 0.389 e. The third-order valence-electron chi connectivity index (χ3n) is 4.50. The second kappa shape index (κ2) is 6.57. The van der Waals surface area contributed by atoms with Crippen molar-refractivity contribution in [1.29, 1.82) is 0 Å². The van der Waals surface area contributed by atoms with E-state index in [1.165, 1.54) is 31.4 Å². The van der Waals surface area contributed by atoms with Crippen molar-refractivity contribution in [2.45, 2.75) is 46.1 Å². The lowest BCUT2D eigenvalue weighted by Gasteiger charge is -2.27. The van der Waals surface area contributed by atoms with Gasteiger partial charge in [-0.3, -0.25) is 0 Å². The maximum Gasteiger partial charge on any atom is 0.123 e. The third kappa shape index (κ3) is 3.51. The summed E-state index contributed by atoms with van der Waals surface area (Å²) in [5.74, 6) is 1.22. The molecule has 20 heavy (non-hydrogen) atoms. The Balaban J connectivity index is 2.19. The van der Waals surface area contributed by atoms with E-state index in [0.29, 0.717) is 5.56 Å². The summed E-state index contributed by atoms with van der Waals surface area (Å²) in [5.41, 5.74) is 1.69. The minimum atomic E-state index is -0.634. The fraction of sp³-hybridized carbons (Fsp3) is 0.647. The lowest BCUT2D eigenvalue weighted by atomic mass is 9.89. The average molecular weight is 279 g/mol. The molecule has 112 valence electrons. The van der Waals surface area contributed by atoms with E-state index in [1.54, 1.807) is 6.92 Å². The van der Waals surface area contributed by atoms with Gasteiger partial charge in [0, 0.05) is 24.3 Å². The second-order valence-corrected chi connectivity index (χ2v) is 6.30.